The van der Waals surface area contributed by atoms with Crippen LogP contribution in [0, 0.1) is 0 Å². The van der Waals surface area contributed by atoms with Crippen LogP contribution in [0.1, 0.15) is 31.2 Å². The Morgan fingerprint density at radius 1 is 1.14 bits per heavy atom. The number of halogens is 1. The Labute approximate surface area is 188 Å². The maximum atomic E-state index is 5.93. The number of fused-ring (bicyclic) bond motifs is 1. The highest BCUT2D eigenvalue weighted by atomic mass is 127. The van der Waals surface area contributed by atoms with Crippen LogP contribution in [-0.2, 0) is 6.54 Å². The van der Waals surface area contributed by atoms with E-state index >= 15 is 0 Å². The molecule has 3 aromatic rings. The van der Waals surface area contributed by atoms with Crippen molar-refractivity contribution < 1.29 is 13.9 Å². The molecule has 0 saturated carbocycles. The number of aliphatic imine (C=N–C) groups is 1. The quantitative estimate of drug-likeness (QED) is 0.270. The van der Waals surface area contributed by atoms with Crippen molar-refractivity contribution in [3.05, 3.63) is 59.9 Å². The third kappa shape index (κ3) is 5.79. The van der Waals surface area contributed by atoms with Crippen LogP contribution in [0.25, 0.3) is 11.0 Å². The van der Waals surface area contributed by atoms with E-state index in [0.717, 1.165) is 33.8 Å². The minimum absolute atomic E-state index is 0. The average Bonchev–Trinajstić information content (AvgIpc) is 3.16. The van der Waals surface area contributed by atoms with Crippen LogP contribution in [0.15, 0.2) is 57.9 Å². The van der Waals surface area contributed by atoms with E-state index in [1.165, 1.54) is 0 Å². The van der Waals surface area contributed by atoms with Crippen LogP contribution in [-0.4, -0.2) is 26.7 Å². The van der Waals surface area contributed by atoms with Gasteiger partial charge in [-0.25, -0.2) is 0 Å². The first-order valence-corrected chi connectivity index (χ1v) is 9.40. The standard InChI is InChI=1S/C22H27N3O3.HI/c1-5-27-21-12-16(10-11-19(21)26-4)14-24-22(23-3)25-15(2)20-13-17-8-6-7-9-18(17)28-20;/h6-13,15H,5,14H2,1-4H3,(H2,23,24,25);1H. The van der Waals surface area contributed by atoms with Crippen molar-refractivity contribution >= 4 is 40.9 Å². The maximum absolute atomic E-state index is 5.93. The SMILES string of the molecule is CCOc1cc(CNC(=NC)NC(C)c2cc3ccccc3o2)ccc1OC.I. The molecule has 7 heteroatoms. The van der Waals surface area contributed by atoms with E-state index in [0.29, 0.717) is 19.1 Å². The number of furan rings is 1. The van der Waals surface area contributed by atoms with Gasteiger partial charge in [0.15, 0.2) is 17.5 Å². The molecule has 0 aliphatic carbocycles. The Morgan fingerprint density at radius 2 is 1.93 bits per heavy atom. The van der Waals surface area contributed by atoms with Gasteiger partial charge in [-0.2, -0.15) is 0 Å². The van der Waals surface area contributed by atoms with E-state index in [1.807, 2.05) is 56.3 Å². The van der Waals surface area contributed by atoms with Gasteiger partial charge in [-0.15, -0.1) is 24.0 Å². The van der Waals surface area contributed by atoms with Gasteiger partial charge in [0.1, 0.15) is 11.3 Å². The van der Waals surface area contributed by atoms with Gasteiger partial charge in [0.05, 0.1) is 19.8 Å². The molecule has 0 spiro atoms. The Hall–Kier alpha value is -2.42. The third-order valence-corrected chi connectivity index (χ3v) is 4.44. The van der Waals surface area contributed by atoms with Crippen LogP contribution in [0.5, 0.6) is 11.5 Å². The van der Waals surface area contributed by atoms with Gasteiger partial charge in [0.2, 0.25) is 0 Å². The van der Waals surface area contributed by atoms with E-state index in [2.05, 4.69) is 21.7 Å². The maximum Gasteiger partial charge on any atom is 0.191 e. The summed E-state index contributed by atoms with van der Waals surface area (Å²) < 4.78 is 16.9. The second-order valence-electron chi connectivity index (χ2n) is 6.40. The van der Waals surface area contributed by atoms with E-state index in [9.17, 15) is 0 Å². The molecule has 3 rings (SSSR count). The summed E-state index contributed by atoms with van der Waals surface area (Å²) in [6.45, 7) is 5.20. The number of nitrogens with zero attached hydrogens (tertiary/aromatic N) is 1. The molecule has 0 fully saturated rings. The van der Waals surface area contributed by atoms with E-state index in [-0.39, 0.29) is 30.0 Å². The lowest BCUT2D eigenvalue weighted by atomic mass is 10.2. The smallest absolute Gasteiger partial charge is 0.191 e. The molecule has 2 N–H and O–H groups in total. The zero-order valence-corrected chi connectivity index (χ0v) is 19.5. The zero-order valence-electron chi connectivity index (χ0n) is 17.2. The molecule has 0 aliphatic heterocycles. The lowest BCUT2D eigenvalue weighted by Crippen LogP contribution is -2.38. The topological polar surface area (TPSA) is 68.0 Å². The molecule has 0 radical (unpaired) electrons. The molecular formula is C22H28IN3O3. The van der Waals surface area contributed by atoms with Gasteiger partial charge in [-0.05, 0) is 43.7 Å². The van der Waals surface area contributed by atoms with E-state index in [1.54, 1.807) is 14.2 Å². The molecule has 0 saturated heterocycles. The molecule has 2 aromatic carbocycles. The highest BCUT2D eigenvalue weighted by Gasteiger charge is 2.13. The Bertz CT molecular complexity index is 922. The van der Waals surface area contributed by atoms with Crippen molar-refractivity contribution in [3.8, 4) is 11.5 Å². The summed E-state index contributed by atoms with van der Waals surface area (Å²) in [6.07, 6.45) is 0. The predicted octanol–water partition coefficient (Wildman–Crippen LogP) is 4.88. The summed E-state index contributed by atoms with van der Waals surface area (Å²) >= 11 is 0. The van der Waals surface area contributed by atoms with Gasteiger partial charge >= 0.3 is 0 Å². The summed E-state index contributed by atoms with van der Waals surface area (Å²) in [5, 5.41) is 7.79. The van der Waals surface area contributed by atoms with Crippen molar-refractivity contribution in [2.75, 3.05) is 20.8 Å². The van der Waals surface area contributed by atoms with Crippen LogP contribution >= 0.6 is 24.0 Å². The molecular weight excluding hydrogens is 481 g/mol. The fourth-order valence-corrected chi connectivity index (χ4v) is 2.97. The molecule has 29 heavy (non-hydrogen) atoms. The normalized spacial score (nSPS) is 12.2. The molecule has 0 aliphatic rings. The van der Waals surface area contributed by atoms with Gasteiger partial charge < -0.3 is 24.5 Å². The third-order valence-electron chi connectivity index (χ3n) is 4.44. The van der Waals surface area contributed by atoms with Crippen molar-refractivity contribution in [3.63, 3.8) is 0 Å². The number of nitrogens with one attached hydrogen (secondary N) is 2. The van der Waals surface area contributed by atoms with Crippen molar-refractivity contribution in [2.45, 2.75) is 26.4 Å². The zero-order chi connectivity index (χ0) is 19.9. The van der Waals surface area contributed by atoms with Crippen LogP contribution < -0.4 is 20.1 Å². The van der Waals surface area contributed by atoms with E-state index in [4.69, 9.17) is 13.9 Å². The van der Waals surface area contributed by atoms with Crippen LogP contribution in [0.2, 0.25) is 0 Å². The fraction of sp³-hybridized carbons (Fsp3) is 0.318. The van der Waals surface area contributed by atoms with Crippen LogP contribution in [0.4, 0.5) is 0 Å². The highest BCUT2D eigenvalue weighted by molar-refractivity contribution is 14.0. The Kier molecular flexibility index (Phi) is 8.63. The molecule has 1 atom stereocenters. The highest BCUT2D eigenvalue weighted by Crippen LogP contribution is 2.28. The van der Waals surface area contributed by atoms with Crippen molar-refractivity contribution in [1.29, 1.82) is 0 Å². The largest absolute Gasteiger partial charge is 0.493 e. The van der Waals surface area contributed by atoms with Crippen molar-refractivity contribution in [2.24, 2.45) is 4.99 Å². The predicted molar refractivity (Wildman–Crippen MR) is 128 cm³/mol. The molecule has 0 bridgehead atoms. The van der Waals surface area contributed by atoms with Gasteiger partial charge in [-0.3, -0.25) is 4.99 Å². The van der Waals surface area contributed by atoms with Crippen LogP contribution in [0.3, 0.4) is 0 Å². The second kappa shape index (κ2) is 10.9. The van der Waals surface area contributed by atoms with Gasteiger partial charge in [-0.1, -0.05) is 24.3 Å². The number of ether oxygens (including phenoxy) is 2. The molecule has 156 valence electrons. The molecule has 6 nitrogen and oxygen atoms in total. The number of benzene rings is 2. The minimum atomic E-state index is -0.0200. The summed E-state index contributed by atoms with van der Waals surface area (Å²) in [5.74, 6) is 3.03. The number of guanidine groups is 1. The minimum Gasteiger partial charge on any atom is -0.493 e. The summed E-state index contributed by atoms with van der Waals surface area (Å²) in [4.78, 5) is 4.31. The molecule has 0 amide bonds. The number of methoxy groups -OCH3 is 1. The lowest BCUT2D eigenvalue weighted by molar-refractivity contribution is 0.310. The number of para-hydroxylation sites is 1. The molecule has 1 unspecified atom stereocenters. The monoisotopic (exact) mass is 509 g/mol. The lowest BCUT2D eigenvalue weighted by Gasteiger charge is -2.17. The summed E-state index contributed by atoms with van der Waals surface area (Å²) in [5.41, 5.74) is 1.96. The second-order valence-corrected chi connectivity index (χ2v) is 6.40. The number of hydrogen-bond donors (Lipinski definition) is 2. The fourth-order valence-electron chi connectivity index (χ4n) is 2.97. The van der Waals surface area contributed by atoms with Gasteiger partial charge in [0.25, 0.3) is 0 Å². The summed E-state index contributed by atoms with van der Waals surface area (Å²) in [7, 11) is 3.39. The first-order valence-electron chi connectivity index (χ1n) is 9.40. The first-order chi connectivity index (χ1) is 13.6. The first kappa shape index (κ1) is 22.9. The molecule has 1 heterocycles. The number of hydrogen-bond acceptors (Lipinski definition) is 4. The molecule has 1 aromatic heterocycles. The average molecular weight is 509 g/mol. The Morgan fingerprint density at radius 3 is 2.62 bits per heavy atom. The summed E-state index contributed by atoms with van der Waals surface area (Å²) in [6, 6.07) is 15.9. The van der Waals surface area contributed by atoms with Gasteiger partial charge in [0, 0.05) is 19.0 Å². The number of rotatable bonds is 7. The Balaban J connectivity index is 0.00000300. The van der Waals surface area contributed by atoms with E-state index < -0.39 is 0 Å². The van der Waals surface area contributed by atoms with Crippen molar-refractivity contribution in [1.82, 2.24) is 10.6 Å².